The van der Waals surface area contributed by atoms with E-state index in [1.807, 2.05) is 0 Å². The number of nitrogens with one attached hydrogen (secondary N) is 2. The smallest absolute Gasteiger partial charge is 0.262 e. The predicted molar refractivity (Wildman–Crippen MR) is 97.2 cm³/mol. The molecule has 0 bridgehead atoms. The van der Waals surface area contributed by atoms with Gasteiger partial charge in [0.15, 0.2) is 0 Å². The molecule has 0 aliphatic heterocycles. The third kappa shape index (κ3) is 5.98. The van der Waals surface area contributed by atoms with Gasteiger partial charge in [0.25, 0.3) is 11.8 Å². The Morgan fingerprint density at radius 3 is 1.50 bits per heavy atom. The van der Waals surface area contributed by atoms with Crippen molar-refractivity contribution < 1.29 is 18.4 Å². The van der Waals surface area contributed by atoms with Gasteiger partial charge in [-0.25, -0.2) is 8.78 Å². The van der Waals surface area contributed by atoms with E-state index in [1.165, 1.54) is 36.4 Å². The number of carbonyl (C=O) groups is 2. The average Bonchev–Trinajstić information content (AvgIpc) is 2.58. The number of hydrazine groups is 1. The lowest BCUT2D eigenvalue weighted by molar-refractivity contribution is -0.123. The highest BCUT2D eigenvalue weighted by atomic mass is 35.5. The fourth-order valence-corrected chi connectivity index (χ4v) is 2.27. The van der Waals surface area contributed by atoms with Crippen molar-refractivity contribution in [1.82, 2.24) is 10.9 Å². The van der Waals surface area contributed by atoms with Crippen LogP contribution in [-0.2, 0) is 9.59 Å². The highest BCUT2D eigenvalue weighted by Gasteiger charge is 2.02. The Balaban J connectivity index is 1.87. The molecule has 0 fully saturated rings. The second-order valence-electron chi connectivity index (χ2n) is 4.98. The summed E-state index contributed by atoms with van der Waals surface area (Å²) in [7, 11) is 0. The van der Waals surface area contributed by atoms with Gasteiger partial charge >= 0.3 is 0 Å². The molecule has 134 valence electrons. The highest BCUT2D eigenvalue weighted by molar-refractivity contribution is 6.32. The number of hydrogen-bond donors (Lipinski definition) is 2. The molecule has 26 heavy (non-hydrogen) atoms. The van der Waals surface area contributed by atoms with Crippen molar-refractivity contribution >= 4 is 47.2 Å². The topological polar surface area (TPSA) is 58.2 Å². The first-order chi connectivity index (χ1) is 12.3. The first kappa shape index (κ1) is 19.6. The van der Waals surface area contributed by atoms with Crippen molar-refractivity contribution in [2.75, 3.05) is 0 Å². The molecule has 2 amide bonds. The molecule has 0 aliphatic rings. The van der Waals surface area contributed by atoms with Crippen molar-refractivity contribution in [2.24, 2.45) is 0 Å². The molecule has 0 saturated heterocycles. The highest BCUT2D eigenvalue weighted by Crippen LogP contribution is 2.19. The quantitative estimate of drug-likeness (QED) is 0.602. The Hall–Kier alpha value is -2.70. The Labute approximate surface area is 158 Å². The summed E-state index contributed by atoms with van der Waals surface area (Å²) in [5, 5.41) is 0.300. The second-order valence-corrected chi connectivity index (χ2v) is 5.79. The lowest BCUT2D eigenvalue weighted by Gasteiger charge is -2.03. The maximum absolute atomic E-state index is 12.9. The standard InChI is InChI=1S/C18H12Cl2F2N2O2/c19-15-9-13(21)5-1-11(15)3-7-17(25)23-24-18(26)8-4-12-2-6-14(22)10-16(12)20/h1-10H,(H,23,25)(H,24,26)/b7-3+,8-4+. The maximum Gasteiger partial charge on any atom is 0.262 e. The van der Waals surface area contributed by atoms with Crippen molar-refractivity contribution in [1.29, 1.82) is 0 Å². The number of amides is 2. The van der Waals surface area contributed by atoms with Crippen LogP contribution in [0.2, 0.25) is 10.0 Å². The van der Waals surface area contributed by atoms with E-state index in [0.717, 1.165) is 24.3 Å². The summed E-state index contributed by atoms with van der Waals surface area (Å²) in [6, 6.07) is 7.47. The second kappa shape index (κ2) is 9.12. The van der Waals surface area contributed by atoms with Crippen LogP contribution in [0, 0.1) is 11.6 Å². The molecule has 0 heterocycles. The Morgan fingerprint density at radius 1 is 0.769 bits per heavy atom. The van der Waals surface area contributed by atoms with Crippen LogP contribution in [0.4, 0.5) is 8.78 Å². The fraction of sp³-hybridized carbons (Fsp3) is 0. The molecule has 2 aromatic carbocycles. The number of halogens is 4. The summed E-state index contributed by atoms with van der Waals surface area (Å²) >= 11 is 11.7. The molecule has 0 aromatic heterocycles. The molecular weight excluding hydrogens is 385 g/mol. The average molecular weight is 397 g/mol. The van der Waals surface area contributed by atoms with E-state index < -0.39 is 23.4 Å². The molecular formula is C18H12Cl2F2N2O2. The SMILES string of the molecule is O=C(/C=C/c1ccc(F)cc1Cl)NNC(=O)/C=C/c1ccc(F)cc1Cl. The van der Waals surface area contributed by atoms with Crippen molar-refractivity contribution in [3.8, 4) is 0 Å². The van der Waals surface area contributed by atoms with Crippen LogP contribution in [0.5, 0.6) is 0 Å². The van der Waals surface area contributed by atoms with E-state index in [-0.39, 0.29) is 10.0 Å². The van der Waals surface area contributed by atoms with E-state index in [0.29, 0.717) is 11.1 Å². The zero-order valence-corrected chi connectivity index (χ0v) is 14.6. The minimum Gasteiger partial charge on any atom is -0.268 e. The van der Waals surface area contributed by atoms with E-state index in [4.69, 9.17) is 23.2 Å². The van der Waals surface area contributed by atoms with Gasteiger partial charge in [0, 0.05) is 12.2 Å². The van der Waals surface area contributed by atoms with Crippen LogP contribution in [0.3, 0.4) is 0 Å². The van der Waals surface area contributed by atoms with Gasteiger partial charge in [-0.15, -0.1) is 0 Å². The number of hydrogen-bond acceptors (Lipinski definition) is 2. The number of benzene rings is 2. The maximum atomic E-state index is 12.9. The van der Waals surface area contributed by atoms with Crippen LogP contribution in [0.15, 0.2) is 48.6 Å². The van der Waals surface area contributed by atoms with Crippen molar-refractivity contribution in [3.63, 3.8) is 0 Å². The van der Waals surface area contributed by atoms with E-state index in [1.54, 1.807) is 0 Å². The molecule has 8 heteroatoms. The lowest BCUT2D eigenvalue weighted by atomic mass is 10.2. The Kier molecular flexibility index (Phi) is 6.89. The van der Waals surface area contributed by atoms with Crippen LogP contribution >= 0.6 is 23.2 Å². The minimum absolute atomic E-state index is 0.150. The van der Waals surface area contributed by atoms with Crippen molar-refractivity contribution in [3.05, 3.63) is 81.4 Å². The summed E-state index contributed by atoms with van der Waals surface area (Å²) in [5.74, 6) is -2.22. The normalized spacial score (nSPS) is 11.1. The third-order valence-electron chi connectivity index (χ3n) is 3.06. The largest absolute Gasteiger partial charge is 0.268 e. The summed E-state index contributed by atoms with van der Waals surface area (Å²) in [6.07, 6.45) is 4.99. The summed E-state index contributed by atoms with van der Waals surface area (Å²) < 4.78 is 25.9. The number of rotatable bonds is 4. The molecule has 0 aliphatic carbocycles. The Morgan fingerprint density at radius 2 is 1.15 bits per heavy atom. The van der Waals surface area contributed by atoms with Gasteiger partial charge in [-0.2, -0.15) is 0 Å². The zero-order chi connectivity index (χ0) is 19.1. The van der Waals surface area contributed by atoms with Gasteiger partial charge in [0.2, 0.25) is 0 Å². The van der Waals surface area contributed by atoms with Crippen LogP contribution in [0.1, 0.15) is 11.1 Å². The van der Waals surface area contributed by atoms with Crippen LogP contribution in [0.25, 0.3) is 12.2 Å². The molecule has 2 N–H and O–H groups in total. The van der Waals surface area contributed by atoms with E-state index >= 15 is 0 Å². The van der Waals surface area contributed by atoms with Gasteiger partial charge < -0.3 is 0 Å². The first-order valence-electron chi connectivity index (χ1n) is 7.21. The molecule has 0 radical (unpaired) electrons. The van der Waals surface area contributed by atoms with Crippen LogP contribution in [-0.4, -0.2) is 11.8 Å². The fourth-order valence-electron chi connectivity index (χ4n) is 1.81. The number of carbonyl (C=O) groups excluding carboxylic acids is 2. The van der Waals surface area contributed by atoms with Gasteiger partial charge in [0.05, 0.1) is 10.0 Å². The van der Waals surface area contributed by atoms with E-state index in [9.17, 15) is 18.4 Å². The van der Waals surface area contributed by atoms with Crippen molar-refractivity contribution in [2.45, 2.75) is 0 Å². The minimum atomic E-state index is -0.619. The first-order valence-corrected chi connectivity index (χ1v) is 7.97. The monoisotopic (exact) mass is 396 g/mol. The van der Waals surface area contributed by atoms with Gasteiger partial charge in [-0.3, -0.25) is 20.4 Å². The molecule has 0 atom stereocenters. The van der Waals surface area contributed by atoms with Gasteiger partial charge in [-0.1, -0.05) is 35.3 Å². The molecule has 0 unspecified atom stereocenters. The predicted octanol–water partition coefficient (Wildman–Crippen LogP) is 4.15. The van der Waals surface area contributed by atoms with Crippen LogP contribution < -0.4 is 10.9 Å². The molecule has 2 aromatic rings. The third-order valence-corrected chi connectivity index (χ3v) is 3.72. The molecule has 0 saturated carbocycles. The van der Waals surface area contributed by atoms with Gasteiger partial charge in [0.1, 0.15) is 11.6 Å². The van der Waals surface area contributed by atoms with E-state index in [2.05, 4.69) is 10.9 Å². The molecule has 2 rings (SSSR count). The zero-order valence-electron chi connectivity index (χ0n) is 13.1. The molecule has 0 spiro atoms. The summed E-state index contributed by atoms with van der Waals surface area (Å²) in [5.41, 5.74) is 5.20. The Bertz CT molecular complexity index is 825. The van der Waals surface area contributed by atoms with Gasteiger partial charge in [-0.05, 0) is 47.5 Å². The molecule has 4 nitrogen and oxygen atoms in total. The summed E-state index contributed by atoms with van der Waals surface area (Å²) in [6.45, 7) is 0. The lowest BCUT2D eigenvalue weighted by Crippen LogP contribution is -2.39. The summed E-state index contributed by atoms with van der Waals surface area (Å²) in [4.78, 5) is 23.3.